The Hall–Kier alpha value is -3.04. The van der Waals surface area contributed by atoms with Crippen LogP contribution in [0, 0.1) is 6.92 Å². The number of aromatic nitrogens is 2. The molecule has 3 aromatic carbocycles. The van der Waals surface area contributed by atoms with Crippen LogP contribution in [0.3, 0.4) is 0 Å². The SMILES string of the molecule is Cc1ccc(-c2nc(N)n(-c3ccccc3)c2-c2ccc(Cl)cc2)cc1. The second-order valence-electron chi connectivity index (χ2n) is 6.21. The summed E-state index contributed by atoms with van der Waals surface area (Å²) in [6, 6.07) is 26.1. The number of hydrogen-bond donors (Lipinski definition) is 1. The van der Waals surface area contributed by atoms with E-state index in [-0.39, 0.29) is 0 Å². The molecule has 128 valence electrons. The molecule has 0 saturated carbocycles. The van der Waals surface area contributed by atoms with E-state index in [2.05, 4.69) is 31.2 Å². The molecule has 26 heavy (non-hydrogen) atoms. The summed E-state index contributed by atoms with van der Waals surface area (Å²) in [7, 11) is 0. The van der Waals surface area contributed by atoms with Crippen molar-refractivity contribution < 1.29 is 0 Å². The number of rotatable bonds is 3. The minimum absolute atomic E-state index is 0.455. The zero-order valence-electron chi connectivity index (χ0n) is 14.4. The lowest BCUT2D eigenvalue weighted by atomic mass is 10.0. The summed E-state index contributed by atoms with van der Waals surface area (Å²) in [6.07, 6.45) is 0. The second-order valence-corrected chi connectivity index (χ2v) is 6.65. The Morgan fingerprint density at radius 3 is 2.08 bits per heavy atom. The van der Waals surface area contributed by atoms with Crippen molar-refractivity contribution in [2.75, 3.05) is 5.73 Å². The van der Waals surface area contributed by atoms with Gasteiger partial charge in [0.25, 0.3) is 0 Å². The van der Waals surface area contributed by atoms with Gasteiger partial charge in [0.05, 0.1) is 11.4 Å². The molecule has 4 heteroatoms. The molecule has 4 aromatic rings. The first kappa shape index (κ1) is 16.4. The van der Waals surface area contributed by atoms with Crippen LogP contribution in [-0.4, -0.2) is 9.55 Å². The molecule has 0 atom stereocenters. The number of anilines is 1. The molecule has 2 N–H and O–H groups in total. The topological polar surface area (TPSA) is 43.8 Å². The van der Waals surface area contributed by atoms with Crippen LogP contribution in [0.2, 0.25) is 5.02 Å². The molecule has 0 fully saturated rings. The molecule has 0 amide bonds. The van der Waals surface area contributed by atoms with Crippen molar-refractivity contribution in [1.29, 1.82) is 0 Å². The van der Waals surface area contributed by atoms with Crippen LogP contribution in [0.1, 0.15) is 5.56 Å². The van der Waals surface area contributed by atoms with Gasteiger partial charge in [-0.2, -0.15) is 0 Å². The third kappa shape index (κ3) is 2.98. The highest BCUT2D eigenvalue weighted by atomic mass is 35.5. The quantitative estimate of drug-likeness (QED) is 0.506. The van der Waals surface area contributed by atoms with Crippen LogP contribution < -0.4 is 5.73 Å². The first-order valence-electron chi connectivity index (χ1n) is 8.40. The average Bonchev–Trinajstić information content (AvgIpc) is 3.01. The first-order chi connectivity index (χ1) is 12.6. The van der Waals surface area contributed by atoms with E-state index < -0.39 is 0 Å². The van der Waals surface area contributed by atoms with E-state index in [4.69, 9.17) is 22.3 Å². The summed E-state index contributed by atoms with van der Waals surface area (Å²) in [5.74, 6) is 0.455. The van der Waals surface area contributed by atoms with Crippen LogP contribution in [-0.2, 0) is 0 Å². The molecular formula is C22H18ClN3. The van der Waals surface area contributed by atoms with E-state index in [1.165, 1.54) is 5.56 Å². The minimum Gasteiger partial charge on any atom is -0.369 e. The van der Waals surface area contributed by atoms with Crippen molar-refractivity contribution in [3.05, 3.63) is 89.4 Å². The Labute approximate surface area is 157 Å². The van der Waals surface area contributed by atoms with E-state index in [0.717, 1.165) is 28.2 Å². The number of imidazole rings is 1. The number of nitrogen functional groups attached to an aromatic ring is 1. The first-order valence-corrected chi connectivity index (χ1v) is 8.78. The predicted molar refractivity (Wildman–Crippen MR) is 109 cm³/mol. The van der Waals surface area contributed by atoms with Gasteiger partial charge in [0.15, 0.2) is 0 Å². The maximum Gasteiger partial charge on any atom is 0.205 e. The summed E-state index contributed by atoms with van der Waals surface area (Å²) in [6.45, 7) is 2.07. The molecule has 3 nitrogen and oxygen atoms in total. The molecule has 1 aromatic heterocycles. The lowest BCUT2D eigenvalue weighted by Gasteiger charge is -2.12. The van der Waals surface area contributed by atoms with Crippen molar-refractivity contribution >= 4 is 17.5 Å². The molecular weight excluding hydrogens is 342 g/mol. The zero-order chi connectivity index (χ0) is 18.1. The van der Waals surface area contributed by atoms with E-state index >= 15 is 0 Å². The molecule has 0 radical (unpaired) electrons. The molecule has 0 saturated heterocycles. The van der Waals surface area contributed by atoms with Crippen molar-refractivity contribution in [3.63, 3.8) is 0 Å². The molecule has 1 heterocycles. The van der Waals surface area contributed by atoms with Crippen molar-refractivity contribution in [1.82, 2.24) is 9.55 Å². The lowest BCUT2D eigenvalue weighted by Crippen LogP contribution is -2.02. The molecule has 0 unspecified atom stereocenters. The maximum absolute atomic E-state index is 6.33. The van der Waals surface area contributed by atoms with E-state index in [1.807, 2.05) is 59.2 Å². The third-order valence-corrected chi connectivity index (χ3v) is 4.61. The largest absolute Gasteiger partial charge is 0.369 e. The van der Waals surface area contributed by atoms with Crippen molar-refractivity contribution in [2.24, 2.45) is 0 Å². The van der Waals surface area contributed by atoms with Gasteiger partial charge in [-0.05, 0) is 31.2 Å². The molecule has 0 aliphatic rings. The van der Waals surface area contributed by atoms with Crippen LogP contribution in [0.25, 0.3) is 28.2 Å². The standard InChI is InChI=1S/C22H18ClN3/c1-15-7-9-16(10-8-15)20-21(17-11-13-18(23)14-12-17)26(22(24)25-20)19-5-3-2-4-6-19/h2-14H,1H3,(H2,24,25). The summed E-state index contributed by atoms with van der Waals surface area (Å²) >= 11 is 6.09. The van der Waals surface area contributed by atoms with Gasteiger partial charge in [0.1, 0.15) is 0 Å². The summed E-state index contributed by atoms with van der Waals surface area (Å²) in [5, 5.41) is 0.699. The van der Waals surface area contributed by atoms with Gasteiger partial charge in [0.2, 0.25) is 5.95 Å². The Kier molecular flexibility index (Phi) is 4.23. The fourth-order valence-corrected chi connectivity index (χ4v) is 3.19. The Bertz CT molecular complexity index is 1030. The van der Waals surface area contributed by atoms with Crippen LogP contribution in [0.4, 0.5) is 5.95 Å². The van der Waals surface area contributed by atoms with Gasteiger partial charge in [-0.25, -0.2) is 4.98 Å². The van der Waals surface area contributed by atoms with Gasteiger partial charge >= 0.3 is 0 Å². The Morgan fingerprint density at radius 2 is 1.42 bits per heavy atom. The molecule has 0 aliphatic carbocycles. The monoisotopic (exact) mass is 359 g/mol. The van der Waals surface area contributed by atoms with E-state index in [0.29, 0.717) is 11.0 Å². The maximum atomic E-state index is 6.33. The van der Waals surface area contributed by atoms with E-state index in [9.17, 15) is 0 Å². The van der Waals surface area contributed by atoms with Crippen molar-refractivity contribution in [3.8, 4) is 28.2 Å². The van der Waals surface area contributed by atoms with Gasteiger partial charge < -0.3 is 5.73 Å². The third-order valence-electron chi connectivity index (χ3n) is 4.36. The number of nitrogens with two attached hydrogens (primary N) is 1. The van der Waals surface area contributed by atoms with Crippen LogP contribution >= 0.6 is 11.6 Å². The normalized spacial score (nSPS) is 10.8. The molecule has 4 rings (SSSR count). The zero-order valence-corrected chi connectivity index (χ0v) is 15.1. The second kappa shape index (κ2) is 6.70. The number of benzene rings is 3. The molecule has 0 spiro atoms. The van der Waals surface area contributed by atoms with Gasteiger partial charge in [-0.3, -0.25) is 4.57 Å². The minimum atomic E-state index is 0.455. The van der Waals surface area contributed by atoms with E-state index in [1.54, 1.807) is 0 Å². The molecule has 0 bridgehead atoms. The number of halogens is 1. The highest BCUT2D eigenvalue weighted by Crippen LogP contribution is 2.36. The Morgan fingerprint density at radius 1 is 0.808 bits per heavy atom. The van der Waals surface area contributed by atoms with Crippen LogP contribution in [0.15, 0.2) is 78.9 Å². The number of para-hydroxylation sites is 1. The number of nitrogens with zero attached hydrogens (tertiary/aromatic N) is 2. The van der Waals surface area contributed by atoms with Crippen LogP contribution in [0.5, 0.6) is 0 Å². The van der Waals surface area contributed by atoms with Gasteiger partial charge in [0, 0.05) is 21.8 Å². The summed E-state index contributed by atoms with van der Waals surface area (Å²) < 4.78 is 1.98. The fraction of sp³-hybridized carbons (Fsp3) is 0.0455. The summed E-state index contributed by atoms with van der Waals surface area (Å²) in [4.78, 5) is 4.69. The smallest absolute Gasteiger partial charge is 0.205 e. The fourth-order valence-electron chi connectivity index (χ4n) is 3.06. The average molecular weight is 360 g/mol. The molecule has 0 aliphatic heterocycles. The Balaban J connectivity index is 2.00. The highest BCUT2D eigenvalue weighted by molar-refractivity contribution is 6.30. The number of hydrogen-bond acceptors (Lipinski definition) is 2. The van der Waals surface area contributed by atoms with Crippen molar-refractivity contribution in [2.45, 2.75) is 6.92 Å². The van der Waals surface area contributed by atoms with Gasteiger partial charge in [-0.15, -0.1) is 0 Å². The lowest BCUT2D eigenvalue weighted by molar-refractivity contribution is 1.08. The number of aryl methyl sites for hydroxylation is 1. The predicted octanol–water partition coefficient (Wildman–Crippen LogP) is 5.75. The van der Waals surface area contributed by atoms with Gasteiger partial charge in [-0.1, -0.05) is 71.8 Å². The highest BCUT2D eigenvalue weighted by Gasteiger charge is 2.19. The summed E-state index contributed by atoms with van der Waals surface area (Å²) in [5.41, 5.74) is 12.4.